The first-order valence-corrected chi connectivity index (χ1v) is 8.14. The maximum atomic E-state index is 9.56. The number of aromatic hydroxyl groups is 2. The third-order valence-electron chi connectivity index (χ3n) is 4.31. The van der Waals surface area contributed by atoms with Crippen molar-refractivity contribution >= 4 is 11.0 Å². The van der Waals surface area contributed by atoms with Gasteiger partial charge in [-0.3, -0.25) is 0 Å². The number of nitrogens with zero attached hydrogens (tertiary/aromatic N) is 2. The highest BCUT2D eigenvalue weighted by Crippen LogP contribution is 2.28. The van der Waals surface area contributed by atoms with E-state index in [1.54, 1.807) is 24.3 Å². The molecule has 0 aliphatic heterocycles. The Kier molecular flexibility index (Phi) is 3.65. The third-order valence-corrected chi connectivity index (χ3v) is 4.31. The highest BCUT2D eigenvalue weighted by atomic mass is 16.3. The van der Waals surface area contributed by atoms with Crippen LogP contribution >= 0.6 is 0 Å². The number of imidazole rings is 1. The quantitative estimate of drug-likeness (QED) is 0.582. The Morgan fingerprint density at radius 3 is 2.16 bits per heavy atom. The van der Waals surface area contributed by atoms with Gasteiger partial charge in [-0.25, -0.2) is 4.98 Å². The van der Waals surface area contributed by atoms with Crippen LogP contribution < -0.4 is 0 Å². The monoisotopic (exact) mass is 330 g/mol. The van der Waals surface area contributed by atoms with Crippen LogP contribution in [0.25, 0.3) is 22.4 Å². The van der Waals surface area contributed by atoms with E-state index in [0.717, 1.165) is 28.0 Å². The summed E-state index contributed by atoms with van der Waals surface area (Å²) in [5.74, 6) is 1.35. The summed E-state index contributed by atoms with van der Waals surface area (Å²) in [5.41, 5.74) is 5.20. The molecule has 4 rings (SSSR count). The van der Waals surface area contributed by atoms with E-state index in [0.29, 0.717) is 6.54 Å². The zero-order valence-electron chi connectivity index (χ0n) is 13.8. The largest absolute Gasteiger partial charge is 0.508 e. The molecule has 1 aromatic heterocycles. The lowest BCUT2D eigenvalue weighted by atomic mass is 10.1. The van der Waals surface area contributed by atoms with Gasteiger partial charge in [-0.1, -0.05) is 18.2 Å². The Labute approximate surface area is 145 Å². The minimum absolute atomic E-state index is 0.237. The van der Waals surface area contributed by atoms with Crippen LogP contribution in [0, 0.1) is 6.92 Å². The number of aromatic nitrogens is 2. The number of aryl methyl sites for hydroxylation is 1. The van der Waals surface area contributed by atoms with Crippen molar-refractivity contribution in [1.82, 2.24) is 9.55 Å². The van der Waals surface area contributed by atoms with Crippen molar-refractivity contribution in [3.8, 4) is 22.9 Å². The van der Waals surface area contributed by atoms with Crippen molar-refractivity contribution in [1.29, 1.82) is 0 Å². The van der Waals surface area contributed by atoms with Gasteiger partial charge in [-0.05, 0) is 66.6 Å². The maximum absolute atomic E-state index is 9.56. The average Bonchev–Trinajstić information content (AvgIpc) is 2.95. The molecule has 1 heterocycles. The van der Waals surface area contributed by atoms with Crippen molar-refractivity contribution < 1.29 is 10.2 Å². The first-order chi connectivity index (χ1) is 12.1. The topological polar surface area (TPSA) is 58.3 Å². The molecule has 0 amide bonds. The van der Waals surface area contributed by atoms with E-state index in [2.05, 4.69) is 29.7 Å². The molecule has 0 spiro atoms. The van der Waals surface area contributed by atoms with Crippen LogP contribution in [0.5, 0.6) is 11.5 Å². The first-order valence-electron chi connectivity index (χ1n) is 8.14. The van der Waals surface area contributed by atoms with Crippen molar-refractivity contribution in [3.05, 3.63) is 77.9 Å². The first kappa shape index (κ1) is 15.3. The average molecular weight is 330 g/mol. The van der Waals surface area contributed by atoms with Crippen molar-refractivity contribution in [2.45, 2.75) is 13.5 Å². The smallest absolute Gasteiger partial charge is 0.141 e. The molecule has 0 aliphatic rings. The fourth-order valence-corrected chi connectivity index (χ4v) is 3.01. The third kappa shape index (κ3) is 2.94. The zero-order chi connectivity index (χ0) is 17.4. The van der Waals surface area contributed by atoms with E-state index in [1.807, 2.05) is 24.3 Å². The summed E-state index contributed by atoms with van der Waals surface area (Å²) in [6.07, 6.45) is 0. The van der Waals surface area contributed by atoms with Gasteiger partial charge in [0.05, 0.1) is 11.0 Å². The molecule has 3 aromatic carbocycles. The predicted octanol–water partition coefficient (Wildman–Crippen LogP) is 4.47. The van der Waals surface area contributed by atoms with E-state index in [1.165, 1.54) is 5.56 Å². The van der Waals surface area contributed by atoms with Crippen LogP contribution in [-0.4, -0.2) is 19.8 Å². The van der Waals surface area contributed by atoms with Gasteiger partial charge in [0.15, 0.2) is 0 Å². The number of phenolic OH excluding ortho intramolecular Hbond substituents is 2. The molecule has 0 bridgehead atoms. The highest BCUT2D eigenvalue weighted by molar-refractivity contribution is 5.81. The van der Waals surface area contributed by atoms with Gasteiger partial charge in [0.2, 0.25) is 0 Å². The van der Waals surface area contributed by atoms with Crippen molar-refractivity contribution in [3.63, 3.8) is 0 Å². The molecule has 25 heavy (non-hydrogen) atoms. The second-order valence-electron chi connectivity index (χ2n) is 6.23. The van der Waals surface area contributed by atoms with Gasteiger partial charge >= 0.3 is 0 Å². The second kappa shape index (κ2) is 5.98. The van der Waals surface area contributed by atoms with Gasteiger partial charge in [0.1, 0.15) is 17.3 Å². The van der Waals surface area contributed by atoms with Crippen LogP contribution in [-0.2, 0) is 6.54 Å². The van der Waals surface area contributed by atoms with Crippen molar-refractivity contribution in [2.24, 2.45) is 0 Å². The summed E-state index contributed by atoms with van der Waals surface area (Å²) in [4.78, 5) is 4.82. The fourth-order valence-electron chi connectivity index (χ4n) is 3.01. The summed E-state index contributed by atoms with van der Waals surface area (Å²) in [5, 5.41) is 19.1. The lowest BCUT2D eigenvalue weighted by molar-refractivity contribution is 0.474. The van der Waals surface area contributed by atoms with Gasteiger partial charge in [0.25, 0.3) is 0 Å². The summed E-state index contributed by atoms with van der Waals surface area (Å²) in [6, 6.07) is 20.5. The molecule has 0 radical (unpaired) electrons. The van der Waals surface area contributed by atoms with Crippen LogP contribution in [0.15, 0.2) is 66.7 Å². The van der Waals surface area contributed by atoms with Gasteiger partial charge in [-0.2, -0.15) is 0 Å². The lowest BCUT2D eigenvalue weighted by Gasteiger charge is -2.10. The minimum atomic E-state index is 0.237. The fraction of sp³-hybridized carbons (Fsp3) is 0.0952. The van der Waals surface area contributed by atoms with E-state index in [4.69, 9.17) is 4.98 Å². The second-order valence-corrected chi connectivity index (χ2v) is 6.23. The molecular weight excluding hydrogens is 312 g/mol. The molecule has 4 nitrogen and oxygen atoms in total. The molecule has 2 N–H and O–H groups in total. The number of fused-ring (bicyclic) bond motifs is 1. The number of hydrogen-bond acceptors (Lipinski definition) is 3. The van der Waals surface area contributed by atoms with E-state index in [9.17, 15) is 10.2 Å². The summed E-state index contributed by atoms with van der Waals surface area (Å²) in [7, 11) is 0. The molecule has 124 valence electrons. The number of benzene rings is 3. The van der Waals surface area contributed by atoms with E-state index < -0.39 is 0 Å². The SMILES string of the molecule is Cc1ccc2c(c1)nc(-c1ccc(O)cc1)n2Cc1ccc(O)cc1. The standard InChI is InChI=1S/C21H18N2O2/c1-14-2-11-20-19(12-14)22-21(16-5-9-18(25)10-6-16)23(20)13-15-3-7-17(24)8-4-15/h2-12,24-25H,13H2,1H3. The molecule has 0 saturated heterocycles. The molecule has 0 fully saturated rings. The zero-order valence-corrected chi connectivity index (χ0v) is 13.8. The molecule has 4 heteroatoms. The molecule has 0 atom stereocenters. The Hall–Kier alpha value is -3.27. The Morgan fingerprint density at radius 1 is 0.840 bits per heavy atom. The van der Waals surface area contributed by atoms with E-state index in [-0.39, 0.29) is 11.5 Å². The summed E-state index contributed by atoms with van der Waals surface area (Å²) < 4.78 is 2.16. The molecule has 0 saturated carbocycles. The molecule has 0 aliphatic carbocycles. The Balaban J connectivity index is 1.88. The molecular formula is C21H18N2O2. The highest BCUT2D eigenvalue weighted by Gasteiger charge is 2.13. The summed E-state index contributed by atoms with van der Waals surface area (Å²) >= 11 is 0. The minimum Gasteiger partial charge on any atom is -0.508 e. The maximum Gasteiger partial charge on any atom is 0.141 e. The number of hydrogen-bond donors (Lipinski definition) is 2. The Bertz CT molecular complexity index is 1030. The lowest BCUT2D eigenvalue weighted by Crippen LogP contribution is -2.02. The van der Waals surface area contributed by atoms with Crippen molar-refractivity contribution in [2.75, 3.05) is 0 Å². The van der Waals surface area contributed by atoms with Gasteiger partial charge < -0.3 is 14.8 Å². The molecule has 4 aromatic rings. The molecule has 0 unspecified atom stereocenters. The van der Waals surface area contributed by atoms with Crippen LogP contribution in [0.1, 0.15) is 11.1 Å². The predicted molar refractivity (Wildman–Crippen MR) is 98.8 cm³/mol. The van der Waals surface area contributed by atoms with Crippen LogP contribution in [0.2, 0.25) is 0 Å². The van der Waals surface area contributed by atoms with Crippen LogP contribution in [0.3, 0.4) is 0 Å². The van der Waals surface area contributed by atoms with Crippen LogP contribution in [0.4, 0.5) is 0 Å². The van der Waals surface area contributed by atoms with Gasteiger partial charge in [-0.15, -0.1) is 0 Å². The Morgan fingerprint density at radius 2 is 1.48 bits per heavy atom. The number of rotatable bonds is 3. The van der Waals surface area contributed by atoms with E-state index >= 15 is 0 Å². The normalized spacial score (nSPS) is 11.1. The number of phenols is 2. The summed E-state index contributed by atoms with van der Waals surface area (Å²) in [6.45, 7) is 2.70. The van der Waals surface area contributed by atoms with Gasteiger partial charge in [0, 0.05) is 12.1 Å².